The van der Waals surface area contributed by atoms with Gasteiger partial charge in [0, 0.05) is 5.92 Å². The Bertz CT molecular complexity index is 1580. The van der Waals surface area contributed by atoms with E-state index in [0.29, 0.717) is 6.42 Å². The number of hydrogen-bond acceptors (Lipinski definition) is 2. The Kier molecular flexibility index (Phi) is 8.24. The zero-order chi connectivity index (χ0) is 29.7. The van der Waals surface area contributed by atoms with Crippen LogP contribution in [-0.4, -0.2) is 12.7 Å². The lowest BCUT2D eigenvalue weighted by molar-refractivity contribution is -0.275. The van der Waals surface area contributed by atoms with E-state index in [1.165, 1.54) is 24.3 Å². The molecule has 0 radical (unpaired) electrons. The van der Waals surface area contributed by atoms with E-state index in [1.807, 2.05) is 66.7 Å². The highest BCUT2D eigenvalue weighted by Gasteiger charge is 2.31. The lowest BCUT2D eigenvalue weighted by atomic mass is 9.85. The van der Waals surface area contributed by atoms with Gasteiger partial charge in [0.05, 0.1) is 0 Å². The molecule has 8 heteroatoms. The maximum atomic E-state index is 12.5. The van der Waals surface area contributed by atoms with Crippen LogP contribution in [-0.2, 0) is 6.42 Å². The van der Waals surface area contributed by atoms with Crippen LogP contribution in [0.4, 0.5) is 26.3 Å². The molecule has 5 rings (SSSR count). The summed E-state index contributed by atoms with van der Waals surface area (Å²) in [5, 5.41) is 0. The van der Waals surface area contributed by atoms with Gasteiger partial charge in [-0.15, -0.1) is 26.3 Å². The van der Waals surface area contributed by atoms with E-state index < -0.39 is 12.7 Å². The van der Waals surface area contributed by atoms with Crippen molar-refractivity contribution >= 4 is 0 Å². The fraction of sp³-hybridized carbons (Fsp3) is 0.118. The van der Waals surface area contributed by atoms with Gasteiger partial charge in [-0.3, -0.25) is 0 Å². The third-order valence-electron chi connectivity index (χ3n) is 6.75. The maximum Gasteiger partial charge on any atom is 0.573 e. The van der Waals surface area contributed by atoms with Crippen LogP contribution in [0.2, 0.25) is 0 Å². The van der Waals surface area contributed by atoms with Gasteiger partial charge in [-0.25, -0.2) is 0 Å². The molecule has 214 valence electrons. The number of alkyl halides is 6. The van der Waals surface area contributed by atoms with Crippen molar-refractivity contribution in [1.29, 1.82) is 0 Å². The van der Waals surface area contributed by atoms with Gasteiger partial charge in [0.1, 0.15) is 11.5 Å². The Hall–Kier alpha value is -4.72. The lowest BCUT2D eigenvalue weighted by Gasteiger charge is -2.19. The van der Waals surface area contributed by atoms with Crippen molar-refractivity contribution in [3.05, 3.63) is 144 Å². The van der Waals surface area contributed by atoms with Crippen molar-refractivity contribution in [2.24, 2.45) is 0 Å². The van der Waals surface area contributed by atoms with Gasteiger partial charge >= 0.3 is 12.7 Å². The summed E-state index contributed by atoms with van der Waals surface area (Å²) < 4.78 is 82.7. The second kappa shape index (κ2) is 12.0. The third-order valence-corrected chi connectivity index (χ3v) is 6.75. The average Bonchev–Trinajstić information content (AvgIpc) is 2.96. The molecule has 2 nitrogen and oxygen atoms in total. The van der Waals surface area contributed by atoms with Gasteiger partial charge in [0.25, 0.3) is 0 Å². The van der Waals surface area contributed by atoms with Crippen LogP contribution >= 0.6 is 0 Å². The highest BCUT2D eigenvalue weighted by Crippen LogP contribution is 2.33. The van der Waals surface area contributed by atoms with E-state index in [1.54, 1.807) is 24.3 Å². The Morgan fingerprint density at radius 1 is 0.429 bits per heavy atom. The molecule has 0 saturated heterocycles. The molecule has 42 heavy (non-hydrogen) atoms. The van der Waals surface area contributed by atoms with Crippen molar-refractivity contribution < 1.29 is 35.8 Å². The zero-order valence-corrected chi connectivity index (χ0v) is 22.0. The second-order valence-electron chi connectivity index (χ2n) is 9.63. The highest BCUT2D eigenvalue weighted by molar-refractivity contribution is 5.66. The lowest BCUT2D eigenvalue weighted by Crippen LogP contribution is -2.16. The molecular formula is C34H24F6O2. The van der Waals surface area contributed by atoms with Crippen molar-refractivity contribution in [3.8, 4) is 33.8 Å². The van der Waals surface area contributed by atoms with Gasteiger partial charge < -0.3 is 9.47 Å². The third kappa shape index (κ3) is 7.72. The minimum absolute atomic E-state index is 0.0347. The molecule has 0 amide bonds. The summed E-state index contributed by atoms with van der Waals surface area (Å²) >= 11 is 0. The van der Waals surface area contributed by atoms with E-state index in [9.17, 15) is 26.3 Å². The predicted molar refractivity (Wildman–Crippen MR) is 149 cm³/mol. The molecule has 0 aliphatic heterocycles. The number of rotatable bonds is 8. The Morgan fingerprint density at radius 3 is 1.19 bits per heavy atom. The van der Waals surface area contributed by atoms with Gasteiger partial charge in [-0.2, -0.15) is 0 Å². The predicted octanol–water partition coefficient (Wildman–Crippen LogP) is 10.2. The Morgan fingerprint density at radius 2 is 0.786 bits per heavy atom. The van der Waals surface area contributed by atoms with Crippen LogP contribution in [0.15, 0.2) is 127 Å². The molecule has 0 fully saturated rings. The van der Waals surface area contributed by atoms with E-state index in [0.717, 1.165) is 38.9 Å². The number of hydrogen-bond donors (Lipinski definition) is 0. The topological polar surface area (TPSA) is 18.5 Å². The largest absolute Gasteiger partial charge is 0.573 e. The molecule has 0 aliphatic rings. The van der Waals surface area contributed by atoms with Gasteiger partial charge in [-0.05, 0) is 69.6 Å². The molecular weight excluding hydrogens is 554 g/mol. The molecule has 0 bridgehead atoms. The maximum absolute atomic E-state index is 12.5. The van der Waals surface area contributed by atoms with Gasteiger partial charge in [0.15, 0.2) is 0 Å². The van der Waals surface area contributed by atoms with E-state index in [2.05, 4.69) is 21.6 Å². The molecule has 0 aromatic heterocycles. The molecule has 1 atom stereocenters. The monoisotopic (exact) mass is 578 g/mol. The van der Waals surface area contributed by atoms with Gasteiger partial charge in [-0.1, -0.05) is 103 Å². The van der Waals surface area contributed by atoms with Crippen LogP contribution in [0.25, 0.3) is 22.3 Å². The van der Waals surface area contributed by atoms with Crippen LogP contribution in [0.5, 0.6) is 11.5 Å². The average molecular weight is 579 g/mol. The molecule has 0 aliphatic carbocycles. The quantitative estimate of drug-likeness (QED) is 0.171. The van der Waals surface area contributed by atoms with Crippen LogP contribution in [0, 0.1) is 0 Å². The fourth-order valence-electron chi connectivity index (χ4n) is 4.79. The summed E-state index contributed by atoms with van der Waals surface area (Å²) in [5.74, 6) is -0.509. The molecule has 0 N–H and O–H groups in total. The first-order valence-corrected chi connectivity index (χ1v) is 13.0. The highest BCUT2D eigenvalue weighted by atomic mass is 19.4. The molecule has 5 aromatic carbocycles. The molecule has 0 heterocycles. The van der Waals surface area contributed by atoms with Crippen LogP contribution in [0.3, 0.4) is 0 Å². The number of ether oxygens (including phenoxy) is 2. The van der Waals surface area contributed by atoms with Crippen LogP contribution in [0.1, 0.15) is 22.6 Å². The standard InChI is InChI=1S/C34H24F6O2/c35-33(36,37)41-30-18-14-26(15-19-30)24-8-6-23(7-9-24)22-32(28-4-2-1-3-5-28)29-12-10-25(11-13-29)27-16-20-31(21-17-27)42-34(38,39)40/h1-21,32H,22H2. The second-order valence-corrected chi connectivity index (χ2v) is 9.63. The smallest absolute Gasteiger partial charge is 0.406 e. The van der Waals surface area contributed by atoms with Gasteiger partial charge in [0.2, 0.25) is 0 Å². The number of benzene rings is 5. The fourth-order valence-corrected chi connectivity index (χ4v) is 4.79. The summed E-state index contributed by atoms with van der Waals surface area (Å²) in [7, 11) is 0. The molecule has 0 saturated carbocycles. The number of halogens is 6. The van der Waals surface area contributed by atoms with Crippen molar-refractivity contribution in [2.45, 2.75) is 25.1 Å². The van der Waals surface area contributed by atoms with E-state index >= 15 is 0 Å². The summed E-state index contributed by atoms with van der Waals surface area (Å²) in [4.78, 5) is 0. The van der Waals surface area contributed by atoms with Crippen molar-refractivity contribution in [1.82, 2.24) is 0 Å². The normalized spacial score (nSPS) is 12.5. The van der Waals surface area contributed by atoms with Crippen LogP contribution < -0.4 is 9.47 Å². The van der Waals surface area contributed by atoms with Crippen molar-refractivity contribution in [3.63, 3.8) is 0 Å². The Balaban J connectivity index is 1.33. The summed E-state index contributed by atoms with van der Waals surface area (Å²) in [6.45, 7) is 0. The van der Waals surface area contributed by atoms with Crippen molar-refractivity contribution in [2.75, 3.05) is 0 Å². The summed E-state index contributed by atoms with van der Waals surface area (Å²) in [6, 6.07) is 37.4. The minimum atomic E-state index is -4.74. The molecule has 1 unspecified atom stereocenters. The minimum Gasteiger partial charge on any atom is -0.406 e. The molecule has 0 spiro atoms. The van der Waals surface area contributed by atoms with E-state index in [-0.39, 0.29) is 17.4 Å². The molecule has 5 aromatic rings. The first-order valence-electron chi connectivity index (χ1n) is 13.0. The first-order chi connectivity index (χ1) is 20.0. The zero-order valence-electron chi connectivity index (χ0n) is 22.0. The summed E-state index contributed by atoms with van der Waals surface area (Å²) in [6.07, 6.45) is -8.78. The Labute approximate surface area is 238 Å². The first kappa shape index (κ1) is 28.8. The SMILES string of the molecule is FC(F)(F)Oc1ccc(-c2ccc(CC(c3ccccc3)c3ccc(-c4ccc(OC(F)(F)F)cc4)cc3)cc2)cc1. The summed E-state index contributed by atoms with van der Waals surface area (Å²) in [5.41, 5.74) is 6.54. The van der Waals surface area contributed by atoms with E-state index in [4.69, 9.17) is 0 Å².